The Morgan fingerprint density at radius 2 is 2.04 bits per heavy atom. The number of amides is 1. The van der Waals surface area contributed by atoms with Gasteiger partial charge in [0.1, 0.15) is 5.82 Å². The van der Waals surface area contributed by atoms with E-state index in [4.69, 9.17) is 5.73 Å². The third kappa shape index (κ3) is 6.11. The smallest absolute Gasteiger partial charge is 0.223 e. The average molecular weight is 343 g/mol. The first-order valence-corrected chi connectivity index (χ1v) is 8.35. The lowest BCUT2D eigenvalue weighted by Gasteiger charge is -2.31. The van der Waals surface area contributed by atoms with E-state index in [1.165, 1.54) is 31.4 Å². The molecule has 23 heavy (non-hydrogen) atoms. The molecule has 1 aliphatic carbocycles. The van der Waals surface area contributed by atoms with Crippen molar-refractivity contribution in [1.29, 1.82) is 0 Å². The van der Waals surface area contributed by atoms with Crippen LogP contribution in [-0.2, 0) is 11.2 Å². The predicted octanol–water partition coefficient (Wildman–Crippen LogP) is 3.45. The molecule has 1 aromatic rings. The number of carbonyl (C=O) groups excluding carboxylic acids is 1. The summed E-state index contributed by atoms with van der Waals surface area (Å²) in [7, 11) is 0. The third-order valence-corrected chi connectivity index (χ3v) is 4.68. The van der Waals surface area contributed by atoms with E-state index in [1.54, 1.807) is 6.07 Å². The fourth-order valence-corrected chi connectivity index (χ4v) is 3.34. The fourth-order valence-electron chi connectivity index (χ4n) is 3.34. The van der Waals surface area contributed by atoms with E-state index in [0.29, 0.717) is 18.9 Å². The molecular formula is C18H28ClFN2O. The van der Waals surface area contributed by atoms with E-state index in [2.05, 4.69) is 5.32 Å². The van der Waals surface area contributed by atoms with Crippen molar-refractivity contribution in [3.8, 4) is 0 Å². The van der Waals surface area contributed by atoms with E-state index >= 15 is 0 Å². The van der Waals surface area contributed by atoms with E-state index in [1.807, 2.05) is 13.0 Å². The molecule has 0 aliphatic heterocycles. The molecule has 0 aromatic heterocycles. The van der Waals surface area contributed by atoms with Crippen molar-refractivity contribution in [2.24, 2.45) is 17.6 Å². The van der Waals surface area contributed by atoms with Gasteiger partial charge in [-0.25, -0.2) is 4.39 Å². The number of nitrogens with one attached hydrogen (secondary N) is 1. The van der Waals surface area contributed by atoms with Crippen LogP contribution in [-0.4, -0.2) is 18.5 Å². The van der Waals surface area contributed by atoms with Crippen molar-refractivity contribution in [3.63, 3.8) is 0 Å². The highest BCUT2D eigenvalue weighted by atomic mass is 35.5. The number of halogens is 2. The minimum absolute atomic E-state index is 0. The fraction of sp³-hybridized carbons (Fsp3) is 0.611. The lowest BCUT2D eigenvalue weighted by molar-refractivity contribution is -0.125. The molecule has 3 nitrogen and oxygen atoms in total. The van der Waals surface area contributed by atoms with Crippen molar-refractivity contribution >= 4 is 18.3 Å². The summed E-state index contributed by atoms with van der Waals surface area (Å²) >= 11 is 0. The molecule has 0 heterocycles. The summed E-state index contributed by atoms with van der Waals surface area (Å²) in [5.74, 6) is 0.0842. The molecule has 3 N–H and O–H groups in total. The Kier molecular flexibility index (Phi) is 8.56. The number of hydrogen-bond acceptors (Lipinski definition) is 2. The molecule has 0 radical (unpaired) electrons. The minimum Gasteiger partial charge on any atom is -0.352 e. The van der Waals surface area contributed by atoms with Crippen LogP contribution in [0.3, 0.4) is 0 Å². The molecular weight excluding hydrogens is 315 g/mol. The highest BCUT2D eigenvalue weighted by Crippen LogP contribution is 2.26. The predicted molar refractivity (Wildman–Crippen MR) is 94.1 cm³/mol. The van der Waals surface area contributed by atoms with Crippen LogP contribution in [0.1, 0.15) is 44.6 Å². The summed E-state index contributed by atoms with van der Waals surface area (Å²) < 4.78 is 13.2. The Bertz CT molecular complexity index is 492. The van der Waals surface area contributed by atoms with Gasteiger partial charge in [-0.3, -0.25) is 4.79 Å². The Morgan fingerprint density at radius 3 is 2.65 bits per heavy atom. The van der Waals surface area contributed by atoms with Gasteiger partial charge in [0.2, 0.25) is 5.91 Å². The zero-order valence-corrected chi connectivity index (χ0v) is 14.6. The van der Waals surface area contributed by atoms with Gasteiger partial charge < -0.3 is 11.1 Å². The Morgan fingerprint density at radius 1 is 1.35 bits per heavy atom. The maximum atomic E-state index is 13.2. The van der Waals surface area contributed by atoms with Gasteiger partial charge in [0, 0.05) is 18.5 Å². The van der Waals surface area contributed by atoms with Gasteiger partial charge in [0.05, 0.1) is 0 Å². The van der Waals surface area contributed by atoms with Crippen molar-refractivity contribution in [2.75, 3.05) is 6.54 Å². The topological polar surface area (TPSA) is 55.1 Å². The molecule has 2 rings (SSSR count). The van der Waals surface area contributed by atoms with Crippen molar-refractivity contribution in [3.05, 3.63) is 35.6 Å². The number of carbonyl (C=O) groups is 1. The van der Waals surface area contributed by atoms with Crippen molar-refractivity contribution < 1.29 is 9.18 Å². The van der Waals surface area contributed by atoms with Gasteiger partial charge in [-0.1, -0.05) is 38.3 Å². The molecule has 130 valence electrons. The van der Waals surface area contributed by atoms with Crippen LogP contribution in [0.2, 0.25) is 0 Å². The van der Waals surface area contributed by atoms with Gasteiger partial charge in [0.15, 0.2) is 0 Å². The molecule has 1 fully saturated rings. The summed E-state index contributed by atoms with van der Waals surface area (Å²) in [6.45, 7) is 2.37. The van der Waals surface area contributed by atoms with E-state index in [0.717, 1.165) is 18.4 Å². The second-order valence-corrected chi connectivity index (χ2v) is 6.48. The molecule has 2 atom stereocenters. The van der Waals surface area contributed by atoms with Crippen molar-refractivity contribution in [2.45, 2.75) is 51.5 Å². The first-order valence-electron chi connectivity index (χ1n) is 8.35. The van der Waals surface area contributed by atoms with Crippen LogP contribution in [0, 0.1) is 17.7 Å². The first-order chi connectivity index (χ1) is 10.6. The number of rotatable bonds is 6. The highest BCUT2D eigenvalue weighted by molar-refractivity contribution is 5.85. The average Bonchev–Trinajstić information content (AvgIpc) is 2.53. The summed E-state index contributed by atoms with van der Waals surface area (Å²) in [6, 6.07) is 6.52. The molecule has 0 bridgehead atoms. The number of hydrogen-bond donors (Lipinski definition) is 2. The second kappa shape index (κ2) is 9.89. The van der Waals surface area contributed by atoms with Gasteiger partial charge in [-0.2, -0.15) is 0 Å². The van der Waals surface area contributed by atoms with Gasteiger partial charge in [0.25, 0.3) is 0 Å². The third-order valence-electron chi connectivity index (χ3n) is 4.68. The van der Waals surface area contributed by atoms with Crippen molar-refractivity contribution in [1.82, 2.24) is 5.32 Å². The molecule has 5 heteroatoms. The molecule has 1 aliphatic rings. The van der Waals surface area contributed by atoms with E-state index in [-0.39, 0.29) is 36.1 Å². The molecule has 1 saturated carbocycles. The van der Waals surface area contributed by atoms with Crippen LogP contribution in [0.4, 0.5) is 4.39 Å². The van der Waals surface area contributed by atoms with E-state index < -0.39 is 0 Å². The Balaban J connectivity index is 0.00000264. The highest BCUT2D eigenvalue weighted by Gasteiger charge is 2.25. The molecule has 0 spiro atoms. The van der Waals surface area contributed by atoms with Crippen LogP contribution in [0.5, 0.6) is 0 Å². The van der Waals surface area contributed by atoms with E-state index in [9.17, 15) is 9.18 Å². The van der Waals surface area contributed by atoms with Crippen LogP contribution in [0.15, 0.2) is 24.3 Å². The summed E-state index contributed by atoms with van der Waals surface area (Å²) in [5.41, 5.74) is 6.71. The zero-order chi connectivity index (χ0) is 15.9. The maximum absolute atomic E-state index is 13.2. The van der Waals surface area contributed by atoms with Crippen LogP contribution < -0.4 is 11.1 Å². The SMILES string of the molecule is CC(Cc1cccc(F)c1)C(=O)NC(CN)C1CCCCC1.Cl. The molecule has 0 saturated heterocycles. The normalized spacial score (nSPS) is 17.9. The largest absolute Gasteiger partial charge is 0.352 e. The zero-order valence-electron chi connectivity index (χ0n) is 13.8. The Labute approximate surface area is 144 Å². The number of nitrogens with two attached hydrogens (primary N) is 1. The molecule has 2 unspecified atom stereocenters. The lowest BCUT2D eigenvalue weighted by Crippen LogP contribution is -2.47. The van der Waals surface area contributed by atoms with Gasteiger partial charge >= 0.3 is 0 Å². The van der Waals surface area contributed by atoms with Crippen LogP contribution >= 0.6 is 12.4 Å². The summed E-state index contributed by atoms with van der Waals surface area (Å²) in [4.78, 5) is 12.4. The second-order valence-electron chi connectivity index (χ2n) is 6.48. The Hall–Kier alpha value is -1.13. The number of benzene rings is 1. The lowest BCUT2D eigenvalue weighted by atomic mass is 9.83. The summed E-state index contributed by atoms with van der Waals surface area (Å²) in [6.07, 6.45) is 6.61. The van der Waals surface area contributed by atoms with Crippen LogP contribution in [0.25, 0.3) is 0 Å². The quantitative estimate of drug-likeness (QED) is 0.832. The van der Waals surface area contributed by atoms with Gasteiger partial charge in [-0.05, 0) is 42.9 Å². The first kappa shape index (κ1) is 19.9. The molecule has 1 aromatic carbocycles. The summed E-state index contributed by atoms with van der Waals surface area (Å²) in [5, 5.41) is 3.11. The standard InChI is InChI=1S/C18H27FN2O.ClH/c1-13(10-14-6-5-9-16(19)11-14)18(22)21-17(12-20)15-7-3-2-4-8-15;/h5-6,9,11,13,15,17H,2-4,7-8,10,12,20H2,1H3,(H,21,22);1H. The minimum atomic E-state index is -0.257. The van der Waals surface area contributed by atoms with Gasteiger partial charge in [-0.15, -0.1) is 12.4 Å². The monoisotopic (exact) mass is 342 g/mol. The molecule has 1 amide bonds. The maximum Gasteiger partial charge on any atom is 0.223 e.